The molecule has 0 aliphatic heterocycles. The van der Waals surface area contributed by atoms with E-state index in [1.54, 1.807) is 0 Å². The van der Waals surface area contributed by atoms with Gasteiger partial charge in [-0.15, -0.1) is 0 Å². The van der Waals surface area contributed by atoms with Crippen molar-refractivity contribution in [2.24, 2.45) is 0 Å². The Hall–Kier alpha value is -0.0600. The third-order valence-corrected chi connectivity index (χ3v) is 7.28. The Balaban J connectivity index is 2.71. The molecular weight excluding hydrogens is 428 g/mol. The minimum Gasteiger partial charge on any atom is -0.460 e. The fraction of sp³-hybridized carbons (Fsp3) is 0.846. The van der Waals surface area contributed by atoms with Crippen molar-refractivity contribution >= 4 is 43.6 Å². The highest BCUT2D eigenvalue weighted by molar-refractivity contribution is 9.11. The maximum Gasteiger partial charge on any atom is 0.302 e. The number of hydrogen-bond donors (Lipinski definition) is 0. The summed E-state index contributed by atoms with van der Waals surface area (Å²) in [6.45, 7) is 1.27. The summed E-state index contributed by atoms with van der Waals surface area (Å²) >= 11 is 6.95. The van der Waals surface area contributed by atoms with Gasteiger partial charge in [0.1, 0.15) is 10.4 Å². The molecule has 3 atom stereocenters. The fourth-order valence-electron chi connectivity index (χ4n) is 3.72. The van der Waals surface area contributed by atoms with Crippen LogP contribution in [0.2, 0.25) is 0 Å². The zero-order valence-corrected chi connectivity index (χ0v) is 16.1. The second-order valence-corrected chi connectivity index (χ2v) is 7.80. The predicted octanol–water partition coefficient (Wildman–Crippen LogP) is 1.15. The summed E-state index contributed by atoms with van der Waals surface area (Å²) in [6, 6.07) is 0. The minimum atomic E-state index is -1.65. The number of rotatable bonds is 5. The van der Waals surface area contributed by atoms with Crippen LogP contribution in [0.1, 0.15) is 13.3 Å². The van der Waals surface area contributed by atoms with E-state index in [1.807, 2.05) is 0 Å². The van der Waals surface area contributed by atoms with Gasteiger partial charge in [-0.05, 0) is 0 Å². The van der Waals surface area contributed by atoms with Crippen LogP contribution >= 0.6 is 31.9 Å². The number of methoxy groups -OCH3 is 4. The molecule has 2 aliphatic rings. The summed E-state index contributed by atoms with van der Waals surface area (Å²) in [5, 5.41) is 0. The van der Waals surface area contributed by atoms with E-state index in [0.29, 0.717) is 0 Å². The van der Waals surface area contributed by atoms with Crippen LogP contribution in [0, 0.1) is 0 Å². The summed E-state index contributed by atoms with van der Waals surface area (Å²) in [6.07, 6.45) is -0.623. The molecule has 0 heterocycles. The number of Topliss-reactive ketones (excluding diaryl/α,β-unsaturated/α-hetero) is 1. The summed E-state index contributed by atoms with van der Waals surface area (Å²) in [5.41, 5.74) is 0. The summed E-state index contributed by atoms with van der Waals surface area (Å²) in [7, 11) is 5.53. The van der Waals surface area contributed by atoms with Crippen molar-refractivity contribution in [3.63, 3.8) is 0 Å². The Kier molecular flexibility index (Phi) is 4.56. The van der Waals surface area contributed by atoms with Gasteiger partial charge in [-0.3, -0.25) is 9.59 Å². The number of hydrogen-bond acceptors (Lipinski definition) is 7. The number of halogens is 2. The average Bonchev–Trinajstić information content (AvgIpc) is 2.73. The van der Waals surface area contributed by atoms with Crippen LogP contribution in [0.5, 0.6) is 0 Å². The first kappa shape index (κ1) is 18.3. The van der Waals surface area contributed by atoms with Crippen LogP contribution in [0.3, 0.4) is 0 Å². The van der Waals surface area contributed by atoms with Gasteiger partial charge in [0.05, 0.1) is 0 Å². The Labute approximate surface area is 145 Å². The molecule has 0 saturated heterocycles. The smallest absolute Gasteiger partial charge is 0.302 e. The minimum absolute atomic E-state index is 0.187. The molecule has 2 fully saturated rings. The van der Waals surface area contributed by atoms with Crippen LogP contribution < -0.4 is 0 Å². The zero-order chi connectivity index (χ0) is 17.0. The third-order valence-electron chi connectivity index (χ3n) is 4.52. The standard InChI is InChI=1S/C13H18Br2O7/c1-7(16)22-8-6-10(14)12(18-2,19-3)9(17)11(8,15)13(10,20-4)21-5/h8H,6H2,1-5H3/t8-,10+,11-/m1/s1. The summed E-state index contributed by atoms with van der Waals surface area (Å²) in [4.78, 5) is 24.5. The molecule has 0 aromatic heterocycles. The van der Waals surface area contributed by atoms with Gasteiger partial charge in [-0.25, -0.2) is 0 Å². The Morgan fingerprint density at radius 1 is 1.09 bits per heavy atom. The Bertz CT molecular complexity index is 503. The van der Waals surface area contributed by atoms with Gasteiger partial charge in [0, 0.05) is 41.8 Å². The molecule has 0 N–H and O–H groups in total. The normalized spacial score (nSPS) is 38.3. The predicted molar refractivity (Wildman–Crippen MR) is 82.0 cm³/mol. The molecular formula is C13H18Br2O7. The van der Waals surface area contributed by atoms with E-state index in [0.717, 1.165) is 0 Å². The van der Waals surface area contributed by atoms with E-state index >= 15 is 0 Å². The molecule has 2 saturated carbocycles. The highest BCUT2D eigenvalue weighted by Gasteiger charge is 2.92. The van der Waals surface area contributed by atoms with Crippen LogP contribution in [0.4, 0.5) is 0 Å². The van der Waals surface area contributed by atoms with E-state index in [2.05, 4.69) is 31.9 Å². The molecule has 7 nitrogen and oxygen atoms in total. The summed E-state index contributed by atoms with van der Waals surface area (Å²) < 4.78 is 24.7. The van der Waals surface area contributed by atoms with Gasteiger partial charge in [-0.1, -0.05) is 31.9 Å². The summed E-state index contributed by atoms with van der Waals surface area (Å²) in [5.74, 6) is -4.15. The van der Waals surface area contributed by atoms with Crippen LogP contribution in [-0.2, 0) is 33.3 Å². The number of ether oxygens (including phenoxy) is 5. The second kappa shape index (κ2) is 5.49. The number of alkyl halides is 2. The van der Waals surface area contributed by atoms with Gasteiger partial charge in [0.15, 0.2) is 4.32 Å². The molecule has 0 aromatic carbocycles. The monoisotopic (exact) mass is 444 g/mol. The molecule has 9 heteroatoms. The number of ketones is 1. The first-order valence-corrected chi connectivity index (χ1v) is 8.06. The van der Waals surface area contributed by atoms with E-state index in [-0.39, 0.29) is 6.42 Å². The van der Waals surface area contributed by atoms with E-state index in [9.17, 15) is 9.59 Å². The van der Waals surface area contributed by atoms with Crippen molar-refractivity contribution in [3.8, 4) is 0 Å². The quantitative estimate of drug-likeness (QED) is 0.356. The number of fused-ring (bicyclic) bond motifs is 2. The highest BCUT2D eigenvalue weighted by Crippen LogP contribution is 2.70. The van der Waals surface area contributed by atoms with Crippen LogP contribution in [-0.4, -0.2) is 66.5 Å². The maximum atomic E-state index is 13.1. The fourth-order valence-corrected chi connectivity index (χ4v) is 6.60. The van der Waals surface area contributed by atoms with Crippen molar-refractivity contribution in [2.75, 3.05) is 28.4 Å². The molecule has 22 heavy (non-hydrogen) atoms. The lowest BCUT2D eigenvalue weighted by atomic mass is 9.90. The van der Waals surface area contributed by atoms with Gasteiger partial charge in [0.2, 0.25) is 11.6 Å². The molecule has 0 unspecified atom stereocenters. The van der Waals surface area contributed by atoms with E-state index in [4.69, 9.17) is 23.7 Å². The van der Waals surface area contributed by atoms with Crippen molar-refractivity contribution < 1.29 is 33.3 Å². The Morgan fingerprint density at radius 2 is 1.59 bits per heavy atom. The lowest BCUT2D eigenvalue weighted by molar-refractivity contribution is -0.265. The van der Waals surface area contributed by atoms with Gasteiger partial charge < -0.3 is 23.7 Å². The molecule has 2 aliphatic carbocycles. The lowest BCUT2D eigenvalue weighted by Gasteiger charge is -2.43. The molecule has 2 rings (SSSR count). The topological polar surface area (TPSA) is 80.3 Å². The maximum absolute atomic E-state index is 13.1. The van der Waals surface area contributed by atoms with Crippen molar-refractivity contribution in [1.82, 2.24) is 0 Å². The van der Waals surface area contributed by atoms with Gasteiger partial charge >= 0.3 is 5.97 Å². The van der Waals surface area contributed by atoms with Crippen LogP contribution in [0.15, 0.2) is 0 Å². The molecule has 0 aromatic rings. The zero-order valence-electron chi connectivity index (χ0n) is 12.9. The van der Waals surface area contributed by atoms with E-state index in [1.165, 1.54) is 35.4 Å². The average molecular weight is 446 g/mol. The SMILES string of the molecule is COC1(OC)C(=O)[C@]2(Br)[C@H](OC(C)=O)C[C@@]1(Br)C2(OC)OC. The highest BCUT2D eigenvalue weighted by atomic mass is 79.9. The molecule has 0 radical (unpaired) electrons. The third kappa shape index (κ3) is 1.65. The van der Waals surface area contributed by atoms with Gasteiger partial charge in [-0.2, -0.15) is 0 Å². The first-order valence-electron chi connectivity index (χ1n) is 6.48. The molecule has 2 bridgehead atoms. The van der Waals surface area contributed by atoms with Crippen molar-refractivity contribution in [3.05, 3.63) is 0 Å². The van der Waals surface area contributed by atoms with Gasteiger partial charge in [0.25, 0.3) is 5.79 Å². The molecule has 0 amide bonds. The first-order chi connectivity index (χ1) is 10.2. The number of carbonyl (C=O) groups is 2. The van der Waals surface area contributed by atoms with Crippen LogP contribution in [0.25, 0.3) is 0 Å². The second-order valence-electron chi connectivity index (χ2n) is 5.19. The lowest BCUT2D eigenvalue weighted by Crippen LogP contribution is -2.62. The van der Waals surface area contributed by atoms with Crippen molar-refractivity contribution in [1.29, 1.82) is 0 Å². The largest absolute Gasteiger partial charge is 0.460 e. The van der Waals surface area contributed by atoms with Crippen molar-refractivity contribution in [2.45, 2.75) is 39.7 Å². The molecule has 126 valence electrons. The molecule has 0 spiro atoms. The number of carbonyl (C=O) groups excluding carboxylic acids is 2. The Morgan fingerprint density at radius 3 is 1.95 bits per heavy atom. The van der Waals surface area contributed by atoms with E-state index < -0.39 is 38.1 Å². The number of esters is 1.